The number of amides is 2. The number of hydrogen-bond donors (Lipinski definition) is 1. The molecule has 0 saturated carbocycles. The molecule has 184 valence electrons. The smallest absolute Gasteiger partial charge is 0.266 e. The Balaban J connectivity index is 1.43. The van der Waals surface area contributed by atoms with E-state index in [1.807, 2.05) is 30.3 Å². The van der Waals surface area contributed by atoms with Crippen LogP contribution in [0.1, 0.15) is 21.5 Å². The fourth-order valence-corrected chi connectivity index (χ4v) is 4.85. The topological polar surface area (TPSA) is 58.6 Å². The van der Waals surface area contributed by atoms with Gasteiger partial charge in [-0.05, 0) is 41.5 Å². The van der Waals surface area contributed by atoms with E-state index < -0.39 is 15.9 Å². The Morgan fingerprint density at radius 1 is 1.00 bits per heavy atom. The van der Waals surface area contributed by atoms with Crippen molar-refractivity contribution in [1.82, 2.24) is 10.2 Å². The number of alkyl halides is 3. The number of rotatable bonds is 7. The molecule has 3 aromatic rings. The number of thiocarbonyl (C=S) groups is 1. The highest BCUT2D eigenvalue weighted by Crippen LogP contribution is 2.35. The number of nitrogens with one attached hydrogen (secondary N) is 1. The summed E-state index contributed by atoms with van der Waals surface area (Å²) in [5.41, 5.74) is 2.17. The van der Waals surface area contributed by atoms with Crippen molar-refractivity contribution < 1.29 is 14.3 Å². The summed E-state index contributed by atoms with van der Waals surface area (Å²) < 4.78 is 4.36. The molecule has 0 aromatic heterocycles. The third-order valence-electron chi connectivity index (χ3n) is 5.08. The van der Waals surface area contributed by atoms with E-state index in [4.69, 9.17) is 51.8 Å². The fraction of sp³-hybridized carbons (Fsp3) is 0.115. The van der Waals surface area contributed by atoms with Crippen LogP contribution in [0.25, 0.3) is 6.08 Å². The van der Waals surface area contributed by atoms with Gasteiger partial charge in [0.05, 0.1) is 11.4 Å². The van der Waals surface area contributed by atoms with Crippen LogP contribution in [0.2, 0.25) is 0 Å². The molecule has 1 aliphatic heterocycles. The number of benzene rings is 3. The molecule has 1 N–H and O–H groups in total. The van der Waals surface area contributed by atoms with Crippen LogP contribution in [0.15, 0.2) is 89.8 Å². The SMILES string of the molecule is O=C(N[C@H](Oc1ccc(/C=C2/SC(=S)N(Cc3ccccc3)C2=O)cc1)C(Cl)(Cl)Cl)c1ccccc1. The van der Waals surface area contributed by atoms with Gasteiger partial charge in [0.2, 0.25) is 10.0 Å². The normalized spacial score (nSPS) is 15.8. The third-order valence-corrected chi connectivity index (χ3v) is 7.06. The standard InChI is InChI=1S/C26H19Cl3N2O3S2/c27-26(28,29)24(30-22(32)19-9-5-2-6-10-19)34-20-13-11-17(12-14-20)15-21-23(33)31(25(35)36-21)16-18-7-3-1-4-8-18/h1-15,24H,16H2,(H,30,32)/b21-15+/t24-/m1/s1. The van der Waals surface area contributed by atoms with Gasteiger partial charge in [0.25, 0.3) is 11.8 Å². The van der Waals surface area contributed by atoms with Gasteiger partial charge >= 0.3 is 0 Å². The summed E-state index contributed by atoms with van der Waals surface area (Å²) in [7, 11) is 0. The molecular formula is C26H19Cl3N2O3S2. The molecule has 4 rings (SSSR count). The van der Waals surface area contributed by atoms with E-state index in [1.165, 1.54) is 11.8 Å². The van der Waals surface area contributed by atoms with Crippen LogP contribution in [0.5, 0.6) is 5.75 Å². The second-order valence-electron chi connectivity index (χ2n) is 7.70. The summed E-state index contributed by atoms with van der Waals surface area (Å²) in [6.07, 6.45) is 0.521. The first-order valence-electron chi connectivity index (χ1n) is 10.7. The third kappa shape index (κ3) is 6.81. The monoisotopic (exact) mass is 576 g/mol. The van der Waals surface area contributed by atoms with Crippen molar-refractivity contribution in [2.75, 3.05) is 0 Å². The molecular weight excluding hydrogens is 559 g/mol. The largest absolute Gasteiger partial charge is 0.466 e. The maximum absolute atomic E-state index is 12.9. The van der Waals surface area contributed by atoms with Crippen molar-refractivity contribution >= 4 is 81.0 Å². The van der Waals surface area contributed by atoms with Gasteiger partial charge < -0.3 is 10.1 Å². The van der Waals surface area contributed by atoms with Gasteiger partial charge in [-0.2, -0.15) is 0 Å². The highest BCUT2D eigenvalue weighted by atomic mass is 35.6. The lowest BCUT2D eigenvalue weighted by molar-refractivity contribution is -0.122. The number of halogens is 3. The number of hydrogen-bond acceptors (Lipinski definition) is 5. The molecule has 3 aromatic carbocycles. The molecule has 0 radical (unpaired) electrons. The average molecular weight is 578 g/mol. The van der Waals surface area contributed by atoms with Crippen LogP contribution in [0.4, 0.5) is 0 Å². The number of carbonyl (C=O) groups excluding carboxylic acids is 2. The van der Waals surface area contributed by atoms with E-state index in [9.17, 15) is 9.59 Å². The van der Waals surface area contributed by atoms with E-state index in [0.29, 0.717) is 27.1 Å². The molecule has 1 atom stereocenters. The van der Waals surface area contributed by atoms with Crippen LogP contribution in [0.3, 0.4) is 0 Å². The summed E-state index contributed by atoms with van der Waals surface area (Å²) in [5, 5.41) is 2.59. The molecule has 0 aliphatic carbocycles. The van der Waals surface area contributed by atoms with E-state index in [2.05, 4.69) is 5.32 Å². The molecule has 1 aliphatic rings. The molecule has 1 saturated heterocycles. The Bertz CT molecular complexity index is 1280. The van der Waals surface area contributed by atoms with Crippen molar-refractivity contribution in [1.29, 1.82) is 0 Å². The highest BCUT2D eigenvalue weighted by Gasteiger charge is 2.36. The van der Waals surface area contributed by atoms with Crippen molar-refractivity contribution in [3.8, 4) is 5.75 Å². The fourth-order valence-electron chi connectivity index (χ4n) is 3.30. The highest BCUT2D eigenvalue weighted by molar-refractivity contribution is 8.26. The number of thioether (sulfide) groups is 1. The molecule has 0 unspecified atom stereocenters. The van der Waals surface area contributed by atoms with Gasteiger partial charge in [-0.15, -0.1) is 0 Å². The zero-order chi connectivity index (χ0) is 25.7. The van der Waals surface area contributed by atoms with Gasteiger partial charge in [0.1, 0.15) is 10.1 Å². The summed E-state index contributed by atoms with van der Waals surface area (Å²) >= 11 is 24.8. The quantitative estimate of drug-likeness (QED) is 0.149. The predicted octanol–water partition coefficient (Wildman–Crippen LogP) is 6.59. The van der Waals surface area contributed by atoms with E-state index in [0.717, 1.165) is 11.1 Å². The molecule has 2 amide bonds. The molecule has 0 bridgehead atoms. The van der Waals surface area contributed by atoms with Crippen LogP contribution in [0, 0.1) is 0 Å². The minimum absolute atomic E-state index is 0.144. The Morgan fingerprint density at radius 2 is 1.61 bits per heavy atom. The molecule has 5 nitrogen and oxygen atoms in total. The van der Waals surface area contributed by atoms with Crippen molar-refractivity contribution in [3.63, 3.8) is 0 Å². The summed E-state index contributed by atoms with van der Waals surface area (Å²) in [4.78, 5) is 27.5. The second kappa shape index (κ2) is 11.7. The molecule has 36 heavy (non-hydrogen) atoms. The first-order valence-corrected chi connectivity index (χ1v) is 13.1. The minimum atomic E-state index is -1.92. The van der Waals surface area contributed by atoms with E-state index in [1.54, 1.807) is 65.6 Å². The number of ether oxygens (including phenoxy) is 1. The van der Waals surface area contributed by atoms with Gasteiger partial charge in [-0.3, -0.25) is 14.5 Å². The van der Waals surface area contributed by atoms with Crippen LogP contribution >= 0.6 is 58.8 Å². The van der Waals surface area contributed by atoms with Gasteiger partial charge in [0.15, 0.2) is 0 Å². The van der Waals surface area contributed by atoms with Crippen molar-refractivity contribution in [3.05, 3.63) is 107 Å². The predicted molar refractivity (Wildman–Crippen MR) is 150 cm³/mol. The van der Waals surface area contributed by atoms with Crippen molar-refractivity contribution in [2.45, 2.75) is 16.6 Å². The first-order chi connectivity index (χ1) is 17.2. The summed E-state index contributed by atoms with van der Waals surface area (Å²) in [6, 6.07) is 25.1. The Kier molecular flexibility index (Phi) is 8.59. The zero-order valence-corrected chi connectivity index (χ0v) is 22.5. The number of nitrogens with zero attached hydrogens (tertiary/aromatic N) is 1. The Labute approximate surface area is 233 Å². The molecule has 0 spiro atoms. The molecule has 1 fully saturated rings. The molecule has 10 heteroatoms. The van der Waals surface area contributed by atoms with Gasteiger partial charge in [-0.1, -0.05) is 119 Å². The van der Waals surface area contributed by atoms with Crippen LogP contribution < -0.4 is 10.1 Å². The zero-order valence-electron chi connectivity index (χ0n) is 18.6. The Hall–Kier alpha value is -2.55. The van der Waals surface area contributed by atoms with E-state index in [-0.39, 0.29) is 5.91 Å². The second-order valence-corrected chi connectivity index (χ2v) is 11.7. The summed E-state index contributed by atoms with van der Waals surface area (Å²) in [6.45, 7) is 0.419. The maximum atomic E-state index is 12.9. The van der Waals surface area contributed by atoms with Gasteiger partial charge in [-0.25, -0.2) is 0 Å². The average Bonchev–Trinajstić information content (AvgIpc) is 3.12. The van der Waals surface area contributed by atoms with Crippen molar-refractivity contribution in [2.24, 2.45) is 0 Å². The minimum Gasteiger partial charge on any atom is -0.466 e. The Morgan fingerprint density at radius 3 is 2.22 bits per heavy atom. The number of carbonyl (C=O) groups is 2. The van der Waals surface area contributed by atoms with Crippen LogP contribution in [-0.4, -0.2) is 31.1 Å². The molecule has 1 heterocycles. The lowest BCUT2D eigenvalue weighted by Gasteiger charge is -2.26. The van der Waals surface area contributed by atoms with Gasteiger partial charge in [0, 0.05) is 5.56 Å². The van der Waals surface area contributed by atoms with Crippen LogP contribution in [-0.2, 0) is 11.3 Å². The summed E-state index contributed by atoms with van der Waals surface area (Å²) in [5.74, 6) is -0.219. The maximum Gasteiger partial charge on any atom is 0.266 e. The lowest BCUT2D eigenvalue weighted by Crippen LogP contribution is -2.47. The van der Waals surface area contributed by atoms with E-state index >= 15 is 0 Å². The lowest BCUT2D eigenvalue weighted by atomic mass is 10.2. The first kappa shape index (κ1) is 26.5.